The molecule has 0 saturated carbocycles. The van der Waals surface area contributed by atoms with Crippen molar-refractivity contribution < 1.29 is 9.15 Å². The first-order valence-electron chi connectivity index (χ1n) is 5.09. The first kappa shape index (κ1) is 12.4. The molecule has 0 unspecified atom stereocenters. The van der Waals surface area contributed by atoms with E-state index < -0.39 is 0 Å². The van der Waals surface area contributed by atoms with E-state index in [1.807, 2.05) is 19.1 Å². The minimum absolute atomic E-state index is 0.464. The van der Waals surface area contributed by atoms with Crippen molar-refractivity contribution >= 4 is 23.4 Å². The minimum atomic E-state index is 0.464. The van der Waals surface area contributed by atoms with Gasteiger partial charge in [0.05, 0.1) is 0 Å². The molecule has 1 heterocycles. The summed E-state index contributed by atoms with van der Waals surface area (Å²) in [6.45, 7) is 2.61. The molecule has 1 aromatic carbocycles. The van der Waals surface area contributed by atoms with Crippen molar-refractivity contribution in [2.24, 2.45) is 0 Å². The van der Waals surface area contributed by atoms with E-state index in [-0.39, 0.29) is 0 Å². The van der Waals surface area contributed by atoms with E-state index >= 15 is 0 Å². The second-order valence-corrected chi connectivity index (χ2v) is 4.45. The van der Waals surface area contributed by atoms with E-state index in [1.54, 1.807) is 12.1 Å². The molecule has 0 amide bonds. The predicted molar refractivity (Wildman–Crippen MR) is 67.1 cm³/mol. The Morgan fingerprint density at radius 1 is 1.41 bits per heavy atom. The van der Waals surface area contributed by atoms with Crippen molar-refractivity contribution in [2.75, 3.05) is 12.5 Å². The maximum Gasteiger partial charge on any atom is 0.279 e. The first-order chi connectivity index (χ1) is 8.29. The summed E-state index contributed by atoms with van der Waals surface area (Å²) in [5, 5.41) is 9.01. The Labute approximate surface area is 108 Å². The maximum absolute atomic E-state index is 5.89. The van der Waals surface area contributed by atoms with E-state index in [1.165, 1.54) is 11.8 Å². The number of thioether (sulfide) groups is 1. The molecule has 1 aromatic heterocycles. The standard InChI is InChI=1S/C11H11ClN2O2S/c1-2-15-7-17-11-14-13-10(16-11)8-4-3-5-9(12)6-8/h3-6H,2,7H2,1H3. The Kier molecular flexibility index (Phi) is 4.42. The van der Waals surface area contributed by atoms with Gasteiger partial charge in [-0.2, -0.15) is 0 Å². The van der Waals surface area contributed by atoms with Gasteiger partial charge in [0.2, 0.25) is 5.89 Å². The lowest BCUT2D eigenvalue weighted by Gasteiger charge is -1.96. The van der Waals surface area contributed by atoms with Gasteiger partial charge in [0.25, 0.3) is 5.22 Å². The summed E-state index contributed by atoms with van der Waals surface area (Å²) in [4.78, 5) is 0. The highest BCUT2D eigenvalue weighted by Gasteiger charge is 2.08. The zero-order valence-electron chi connectivity index (χ0n) is 9.22. The van der Waals surface area contributed by atoms with Crippen LogP contribution in [0.1, 0.15) is 6.92 Å². The quantitative estimate of drug-likeness (QED) is 0.473. The van der Waals surface area contributed by atoms with Crippen LogP contribution in [-0.2, 0) is 4.74 Å². The highest BCUT2D eigenvalue weighted by Crippen LogP contribution is 2.24. The third kappa shape index (κ3) is 3.46. The lowest BCUT2D eigenvalue weighted by molar-refractivity contribution is 0.198. The van der Waals surface area contributed by atoms with Crippen molar-refractivity contribution in [1.82, 2.24) is 10.2 Å². The van der Waals surface area contributed by atoms with Crippen molar-refractivity contribution in [3.05, 3.63) is 29.3 Å². The van der Waals surface area contributed by atoms with Gasteiger partial charge in [0.1, 0.15) is 5.94 Å². The minimum Gasteiger partial charge on any atom is -0.411 e. The fraction of sp³-hybridized carbons (Fsp3) is 0.273. The summed E-state index contributed by atoms with van der Waals surface area (Å²) in [6.07, 6.45) is 0. The summed E-state index contributed by atoms with van der Waals surface area (Å²) < 4.78 is 10.7. The number of halogens is 1. The van der Waals surface area contributed by atoms with E-state index in [9.17, 15) is 0 Å². The Hall–Kier alpha value is -1.04. The van der Waals surface area contributed by atoms with E-state index in [4.69, 9.17) is 20.8 Å². The number of ether oxygens (including phenoxy) is 1. The van der Waals surface area contributed by atoms with Gasteiger partial charge in [-0.3, -0.25) is 0 Å². The zero-order valence-corrected chi connectivity index (χ0v) is 10.8. The van der Waals surface area contributed by atoms with Gasteiger partial charge < -0.3 is 9.15 Å². The van der Waals surface area contributed by atoms with Crippen LogP contribution >= 0.6 is 23.4 Å². The highest BCUT2D eigenvalue weighted by molar-refractivity contribution is 7.98. The fourth-order valence-corrected chi connectivity index (χ4v) is 1.96. The normalized spacial score (nSPS) is 10.7. The van der Waals surface area contributed by atoms with Crippen LogP contribution in [0.5, 0.6) is 0 Å². The Balaban J connectivity index is 2.07. The molecular weight excluding hydrogens is 260 g/mol. The molecule has 6 heteroatoms. The summed E-state index contributed by atoms with van der Waals surface area (Å²) in [5.41, 5.74) is 0.813. The molecule has 0 spiro atoms. The lowest BCUT2D eigenvalue weighted by atomic mass is 10.2. The van der Waals surface area contributed by atoms with Gasteiger partial charge >= 0.3 is 0 Å². The summed E-state index contributed by atoms with van der Waals surface area (Å²) >= 11 is 7.26. The van der Waals surface area contributed by atoms with Crippen LogP contribution in [-0.4, -0.2) is 22.7 Å². The molecule has 0 radical (unpaired) electrons. The molecule has 0 aliphatic carbocycles. The molecule has 0 saturated heterocycles. The largest absolute Gasteiger partial charge is 0.411 e. The number of hydrogen-bond acceptors (Lipinski definition) is 5. The van der Waals surface area contributed by atoms with Crippen LogP contribution in [0.3, 0.4) is 0 Å². The number of hydrogen-bond donors (Lipinski definition) is 0. The van der Waals surface area contributed by atoms with Crippen LogP contribution in [0, 0.1) is 0 Å². The second-order valence-electron chi connectivity index (χ2n) is 3.14. The SMILES string of the molecule is CCOCSc1nnc(-c2cccc(Cl)c2)o1. The molecule has 90 valence electrons. The highest BCUT2D eigenvalue weighted by atomic mass is 35.5. The number of rotatable bonds is 5. The molecule has 0 atom stereocenters. The van der Waals surface area contributed by atoms with Crippen molar-refractivity contribution in [3.63, 3.8) is 0 Å². The van der Waals surface area contributed by atoms with Crippen LogP contribution in [0.15, 0.2) is 33.9 Å². The number of benzene rings is 1. The predicted octanol–water partition coefficient (Wildman–Crippen LogP) is 3.48. The van der Waals surface area contributed by atoms with Gasteiger partial charge in [-0.25, -0.2) is 0 Å². The van der Waals surface area contributed by atoms with Crippen LogP contribution < -0.4 is 0 Å². The topological polar surface area (TPSA) is 48.2 Å². The third-order valence-corrected chi connectivity index (χ3v) is 2.88. The number of nitrogens with zero attached hydrogens (tertiary/aromatic N) is 2. The van der Waals surface area contributed by atoms with Crippen LogP contribution in [0.2, 0.25) is 5.02 Å². The molecule has 2 aromatic rings. The molecule has 0 bridgehead atoms. The van der Waals surface area contributed by atoms with Gasteiger partial charge in [-0.15, -0.1) is 10.2 Å². The van der Waals surface area contributed by atoms with Gasteiger partial charge in [0.15, 0.2) is 0 Å². The van der Waals surface area contributed by atoms with E-state index in [2.05, 4.69) is 10.2 Å². The Morgan fingerprint density at radius 2 is 2.29 bits per heavy atom. The fourth-order valence-electron chi connectivity index (χ4n) is 1.18. The lowest BCUT2D eigenvalue weighted by Crippen LogP contribution is -1.87. The van der Waals surface area contributed by atoms with Gasteiger partial charge in [0, 0.05) is 17.2 Å². The molecular formula is C11H11ClN2O2S. The third-order valence-electron chi connectivity index (χ3n) is 1.95. The second kappa shape index (κ2) is 6.05. The molecule has 2 rings (SSSR count). The van der Waals surface area contributed by atoms with Gasteiger partial charge in [-0.05, 0) is 36.9 Å². The van der Waals surface area contributed by atoms with Crippen LogP contribution in [0.25, 0.3) is 11.5 Å². The maximum atomic E-state index is 5.89. The van der Waals surface area contributed by atoms with Crippen molar-refractivity contribution in [3.8, 4) is 11.5 Å². The molecule has 0 aliphatic heterocycles. The Morgan fingerprint density at radius 3 is 3.06 bits per heavy atom. The monoisotopic (exact) mass is 270 g/mol. The molecule has 0 aliphatic rings. The van der Waals surface area contributed by atoms with Crippen LogP contribution in [0.4, 0.5) is 0 Å². The molecule has 17 heavy (non-hydrogen) atoms. The summed E-state index contributed by atoms with van der Waals surface area (Å²) in [5.74, 6) is 0.972. The zero-order chi connectivity index (χ0) is 12.1. The molecule has 4 nitrogen and oxygen atoms in total. The van der Waals surface area contributed by atoms with Gasteiger partial charge in [-0.1, -0.05) is 17.7 Å². The summed E-state index contributed by atoms with van der Waals surface area (Å²) in [7, 11) is 0. The Bertz CT molecular complexity index is 490. The van der Waals surface area contributed by atoms with E-state index in [0.29, 0.717) is 28.7 Å². The average Bonchev–Trinajstić information content (AvgIpc) is 2.78. The summed E-state index contributed by atoms with van der Waals surface area (Å²) in [6, 6.07) is 7.30. The molecule has 0 N–H and O–H groups in total. The smallest absolute Gasteiger partial charge is 0.279 e. The number of aromatic nitrogens is 2. The van der Waals surface area contributed by atoms with Crippen molar-refractivity contribution in [2.45, 2.75) is 12.1 Å². The first-order valence-corrected chi connectivity index (χ1v) is 6.46. The van der Waals surface area contributed by atoms with E-state index in [0.717, 1.165) is 5.56 Å². The van der Waals surface area contributed by atoms with Crippen molar-refractivity contribution in [1.29, 1.82) is 0 Å². The average molecular weight is 271 g/mol. The molecule has 0 fully saturated rings.